The number of carbonyl (C=O) groups excluding carboxylic acids is 2. The van der Waals surface area contributed by atoms with E-state index >= 15 is 0 Å². The zero-order valence-electron chi connectivity index (χ0n) is 18.6. The second-order valence-corrected chi connectivity index (χ2v) is 7.17. The number of carbonyl (C=O) groups is 2. The van der Waals surface area contributed by atoms with Crippen LogP contribution in [0.4, 0.5) is 5.69 Å². The minimum atomic E-state index is -0.333. The van der Waals surface area contributed by atoms with Gasteiger partial charge in [-0.3, -0.25) is 9.59 Å². The lowest BCUT2D eigenvalue weighted by molar-refractivity contribution is 0.0786. The van der Waals surface area contributed by atoms with Gasteiger partial charge in [0.25, 0.3) is 11.8 Å². The molecule has 1 N–H and O–H groups in total. The molecule has 0 unspecified atom stereocenters. The van der Waals surface area contributed by atoms with Gasteiger partial charge in [0.1, 0.15) is 0 Å². The molecule has 0 saturated heterocycles. The Bertz CT molecular complexity index is 1070. The molecular formula is C26H28N2O4. The Labute approximate surface area is 188 Å². The molecule has 0 atom stereocenters. The second-order valence-electron chi connectivity index (χ2n) is 7.17. The molecule has 3 aromatic rings. The van der Waals surface area contributed by atoms with E-state index in [4.69, 9.17) is 9.47 Å². The monoisotopic (exact) mass is 432 g/mol. The summed E-state index contributed by atoms with van der Waals surface area (Å²) in [7, 11) is 1.74. The SMILES string of the molecule is CCOc1ccc(C(=O)Nc2ccccc2C(=O)N(C)Cc2ccccc2)cc1OCC. The molecular weight excluding hydrogens is 404 g/mol. The van der Waals surface area contributed by atoms with Crippen molar-refractivity contribution in [3.05, 3.63) is 89.5 Å². The number of para-hydroxylation sites is 1. The summed E-state index contributed by atoms with van der Waals surface area (Å²) < 4.78 is 11.2. The maximum Gasteiger partial charge on any atom is 0.256 e. The molecule has 0 aliphatic carbocycles. The van der Waals surface area contributed by atoms with Gasteiger partial charge in [-0.15, -0.1) is 0 Å². The molecule has 0 aliphatic heterocycles. The molecule has 3 aromatic carbocycles. The summed E-state index contributed by atoms with van der Waals surface area (Å²) >= 11 is 0. The molecule has 32 heavy (non-hydrogen) atoms. The molecule has 0 heterocycles. The van der Waals surface area contributed by atoms with Crippen molar-refractivity contribution < 1.29 is 19.1 Å². The first-order valence-electron chi connectivity index (χ1n) is 10.6. The summed E-state index contributed by atoms with van der Waals surface area (Å²) in [6, 6.07) is 21.8. The molecule has 0 bridgehead atoms. The number of hydrogen-bond donors (Lipinski definition) is 1. The van der Waals surface area contributed by atoms with Crippen LogP contribution in [0.5, 0.6) is 11.5 Å². The largest absolute Gasteiger partial charge is 0.490 e. The Kier molecular flexibility index (Phi) is 7.86. The molecule has 2 amide bonds. The van der Waals surface area contributed by atoms with Crippen molar-refractivity contribution in [2.75, 3.05) is 25.6 Å². The average Bonchev–Trinajstić information content (AvgIpc) is 2.81. The fourth-order valence-corrected chi connectivity index (χ4v) is 3.30. The predicted molar refractivity (Wildman–Crippen MR) is 125 cm³/mol. The summed E-state index contributed by atoms with van der Waals surface area (Å²) in [4.78, 5) is 27.7. The van der Waals surface area contributed by atoms with E-state index in [1.54, 1.807) is 54.4 Å². The van der Waals surface area contributed by atoms with Crippen molar-refractivity contribution in [2.24, 2.45) is 0 Å². The highest BCUT2D eigenvalue weighted by molar-refractivity contribution is 6.09. The zero-order chi connectivity index (χ0) is 22.9. The Balaban J connectivity index is 1.79. The van der Waals surface area contributed by atoms with Crippen molar-refractivity contribution in [3.63, 3.8) is 0 Å². The maximum atomic E-state index is 13.1. The van der Waals surface area contributed by atoms with E-state index in [1.807, 2.05) is 44.2 Å². The van der Waals surface area contributed by atoms with Crippen LogP contribution in [-0.4, -0.2) is 37.0 Å². The molecule has 0 aliphatic rings. The Morgan fingerprint density at radius 1 is 0.844 bits per heavy atom. The van der Waals surface area contributed by atoms with Crippen LogP contribution in [0, 0.1) is 0 Å². The second kappa shape index (κ2) is 11.0. The number of rotatable bonds is 9. The summed E-state index contributed by atoms with van der Waals surface area (Å²) in [5.41, 5.74) is 2.32. The molecule has 0 saturated carbocycles. The van der Waals surface area contributed by atoms with Crippen LogP contribution in [0.2, 0.25) is 0 Å². The van der Waals surface area contributed by atoms with Crippen LogP contribution in [0.25, 0.3) is 0 Å². The first kappa shape index (κ1) is 22.9. The third-order valence-corrected chi connectivity index (χ3v) is 4.82. The number of amides is 2. The number of hydrogen-bond acceptors (Lipinski definition) is 4. The molecule has 0 spiro atoms. The van der Waals surface area contributed by atoms with E-state index in [2.05, 4.69) is 5.32 Å². The van der Waals surface area contributed by atoms with E-state index in [9.17, 15) is 9.59 Å². The molecule has 6 heteroatoms. The van der Waals surface area contributed by atoms with Gasteiger partial charge in [-0.05, 0) is 49.7 Å². The van der Waals surface area contributed by atoms with Crippen molar-refractivity contribution in [3.8, 4) is 11.5 Å². The van der Waals surface area contributed by atoms with Gasteiger partial charge in [0, 0.05) is 19.2 Å². The van der Waals surface area contributed by atoms with Crippen molar-refractivity contribution in [1.82, 2.24) is 4.90 Å². The van der Waals surface area contributed by atoms with Gasteiger partial charge in [0.2, 0.25) is 0 Å². The highest BCUT2D eigenvalue weighted by Crippen LogP contribution is 2.29. The van der Waals surface area contributed by atoms with Gasteiger partial charge in [0.15, 0.2) is 11.5 Å². The van der Waals surface area contributed by atoms with E-state index in [0.717, 1.165) is 5.56 Å². The van der Waals surface area contributed by atoms with Crippen LogP contribution in [0.15, 0.2) is 72.8 Å². The highest BCUT2D eigenvalue weighted by atomic mass is 16.5. The van der Waals surface area contributed by atoms with Crippen LogP contribution in [-0.2, 0) is 6.54 Å². The fraction of sp³-hybridized carbons (Fsp3) is 0.231. The lowest BCUT2D eigenvalue weighted by atomic mass is 10.1. The van der Waals surface area contributed by atoms with Crippen molar-refractivity contribution in [2.45, 2.75) is 20.4 Å². The van der Waals surface area contributed by atoms with Gasteiger partial charge in [0.05, 0.1) is 24.5 Å². The lowest BCUT2D eigenvalue weighted by Gasteiger charge is -2.19. The summed E-state index contributed by atoms with van der Waals surface area (Å²) in [6.07, 6.45) is 0. The highest BCUT2D eigenvalue weighted by Gasteiger charge is 2.18. The standard InChI is InChI=1S/C26H28N2O4/c1-4-31-23-16-15-20(17-24(23)32-5-2)25(29)27-22-14-10-9-13-21(22)26(30)28(3)18-19-11-7-6-8-12-19/h6-17H,4-5,18H2,1-3H3,(H,27,29). The molecule has 6 nitrogen and oxygen atoms in total. The minimum Gasteiger partial charge on any atom is -0.490 e. The minimum absolute atomic E-state index is 0.175. The molecule has 0 aromatic heterocycles. The van der Waals surface area contributed by atoms with E-state index < -0.39 is 0 Å². The van der Waals surface area contributed by atoms with Crippen LogP contribution < -0.4 is 14.8 Å². The van der Waals surface area contributed by atoms with Gasteiger partial charge in [-0.2, -0.15) is 0 Å². The summed E-state index contributed by atoms with van der Waals surface area (Å²) in [6.45, 7) is 5.18. The maximum absolute atomic E-state index is 13.1. The van der Waals surface area contributed by atoms with Crippen LogP contribution in [0.3, 0.4) is 0 Å². The molecule has 0 radical (unpaired) electrons. The first-order valence-corrected chi connectivity index (χ1v) is 10.6. The summed E-state index contributed by atoms with van der Waals surface area (Å²) in [5, 5.41) is 2.86. The number of ether oxygens (including phenoxy) is 2. The third kappa shape index (κ3) is 5.66. The van der Waals surface area contributed by atoms with Crippen molar-refractivity contribution in [1.29, 1.82) is 0 Å². The quantitative estimate of drug-likeness (QED) is 0.516. The molecule has 3 rings (SSSR count). The topological polar surface area (TPSA) is 67.9 Å². The smallest absolute Gasteiger partial charge is 0.256 e. The average molecular weight is 433 g/mol. The van der Waals surface area contributed by atoms with E-state index in [0.29, 0.717) is 48.1 Å². The number of benzene rings is 3. The fourth-order valence-electron chi connectivity index (χ4n) is 3.30. The van der Waals surface area contributed by atoms with Gasteiger partial charge in [-0.1, -0.05) is 42.5 Å². The summed E-state index contributed by atoms with van der Waals surface area (Å²) in [5.74, 6) is 0.587. The zero-order valence-corrected chi connectivity index (χ0v) is 18.6. The Hall–Kier alpha value is -3.80. The lowest BCUT2D eigenvalue weighted by Crippen LogP contribution is -2.27. The van der Waals surface area contributed by atoms with Crippen molar-refractivity contribution >= 4 is 17.5 Å². The molecule has 0 fully saturated rings. The Morgan fingerprint density at radius 3 is 2.22 bits per heavy atom. The van der Waals surface area contributed by atoms with Gasteiger partial charge in [-0.25, -0.2) is 0 Å². The molecule has 166 valence electrons. The first-order chi connectivity index (χ1) is 15.5. The number of nitrogens with zero attached hydrogens (tertiary/aromatic N) is 1. The van der Waals surface area contributed by atoms with Gasteiger partial charge < -0.3 is 19.7 Å². The Morgan fingerprint density at radius 2 is 1.50 bits per heavy atom. The normalized spacial score (nSPS) is 10.3. The van der Waals surface area contributed by atoms with Crippen LogP contribution in [0.1, 0.15) is 40.1 Å². The van der Waals surface area contributed by atoms with Crippen LogP contribution >= 0.6 is 0 Å². The number of nitrogens with one attached hydrogen (secondary N) is 1. The van der Waals surface area contributed by atoms with E-state index in [1.165, 1.54) is 0 Å². The number of anilines is 1. The predicted octanol–water partition coefficient (Wildman–Crippen LogP) is 5.01. The third-order valence-electron chi connectivity index (χ3n) is 4.82. The van der Waals surface area contributed by atoms with E-state index in [-0.39, 0.29) is 11.8 Å². The van der Waals surface area contributed by atoms with Gasteiger partial charge >= 0.3 is 0 Å².